The van der Waals surface area contributed by atoms with Crippen molar-refractivity contribution >= 4 is 29.2 Å². The number of nitrogens with one attached hydrogen (secondary N) is 2. The van der Waals surface area contributed by atoms with Gasteiger partial charge < -0.3 is 19.9 Å². The van der Waals surface area contributed by atoms with Crippen LogP contribution in [0.1, 0.15) is 23.2 Å². The maximum Gasteiger partial charge on any atom is 0.377 e. The SMILES string of the molecule is CC(=O)Nc1cccc(NC(=O)COC(=O)c2cc(C)no2)c1. The number of carbonyl (C=O) groups is 3. The van der Waals surface area contributed by atoms with E-state index in [4.69, 9.17) is 9.26 Å². The van der Waals surface area contributed by atoms with Crippen molar-refractivity contribution in [3.8, 4) is 0 Å². The second-order valence-corrected chi connectivity index (χ2v) is 4.72. The smallest absolute Gasteiger partial charge is 0.377 e. The number of rotatable bonds is 5. The van der Waals surface area contributed by atoms with Gasteiger partial charge in [-0.2, -0.15) is 0 Å². The quantitative estimate of drug-likeness (QED) is 0.813. The zero-order chi connectivity index (χ0) is 16.8. The van der Waals surface area contributed by atoms with Crippen LogP contribution in [0, 0.1) is 6.92 Å². The summed E-state index contributed by atoms with van der Waals surface area (Å²) >= 11 is 0. The molecule has 2 rings (SSSR count). The normalized spacial score (nSPS) is 10.0. The van der Waals surface area contributed by atoms with Gasteiger partial charge in [0.15, 0.2) is 6.61 Å². The summed E-state index contributed by atoms with van der Waals surface area (Å²) in [7, 11) is 0. The lowest BCUT2D eigenvalue weighted by atomic mass is 10.2. The van der Waals surface area contributed by atoms with E-state index < -0.39 is 18.5 Å². The summed E-state index contributed by atoms with van der Waals surface area (Å²) in [5, 5.41) is 8.71. The highest BCUT2D eigenvalue weighted by atomic mass is 16.6. The highest BCUT2D eigenvalue weighted by Crippen LogP contribution is 2.15. The molecule has 0 atom stereocenters. The average molecular weight is 317 g/mol. The molecule has 8 heteroatoms. The van der Waals surface area contributed by atoms with Gasteiger partial charge >= 0.3 is 5.97 Å². The summed E-state index contributed by atoms with van der Waals surface area (Å²) in [4.78, 5) is 34.4. The second-order valence-electron chi connectivity index (χ2n) is 4.72. The Balaban J connectivity index is 1.87. The molecule has 0 radical (unpaired) electrons. The summed E-state index contributed by atoms with van der Waals surface area (Å²) in [5.74, 6) is -1.57. The number of hydrogen-bond donors (Lipinski definition) is 2. The van der Waals surface area contributed by atoms with Gasteiger partial charge in [0.05, 0.1) is 5.69 Å². The molecule has 0 aliphatic heterocycles. The van der Waals surface area contributed by atoms with Crippen molar-refractivity contribution in [2.45, 2.75) is 13.8 Å². The number of amides is 2. The molecule has 0 aliphatic rings. The van der Waals surface area contributed by atoms with Crippen LogP contribution in [-0.4, -0.2) is 29.5 Å². The Morgan fingerprint density at radius 1 is 1.17 bits per heavy atom. The van der Waals surface area contributed by atoms with E-state index in [0.717, 1.165) is 0 Å². The first-order valence-electron chi connectivity index (χ1n) is 6.72. The number of aromatic nitrogens is 1. The van der Waals surface area contributed by atoms with Crippen molar-refractivity contribution in [3.05, 3.63) is 41.8 Å². The molecule has 120 valence electrons. The molecular formula is C15H15N3O5. The number of hydrogen-bond acceptors (Lipinski definition) is 6. The van der Waals surface area contributed by atoms with Gasteiger partial charge in [-0.3, -0.25) is 9.59 Å². The Hall–Kier alpha value is -3.16. The Labute approximate surface area is 131 Å². The Morgan fingerprint density at radius 2 is 1.87 bits per heavy atom. The molecule has 0 aliphatic carbocycles. The van der Waals surface area contributed by atoms with Gasteiger partial charge in [-0.15, -0.1) is 0 Å². The molecule has 2 amide bonds. The van der Waals surface area contributed by atoms with Crippen molar-refractivity contribution < 1.29 is 23.6 Å². The lowest BCUT2D eigenvalue weighted by Crippen LogP contribution is -2.20. The lowest BCUT2D eigenvalue weighted by molar-refractivity contribution is -0.119. The first-order chi connectivity index (χ1) is 10.9. The van der Waals surface area contributed by atoms with Crippen LogP contribution < -0.4 is 10.6 Å². The maximum atomic E-state index is 11.8. The predicted molar refractivity (Wildman–Crippen MR) is 80.9 cm³/mol. The van der Waals surface area contributed by atoms with E-state index in [9.17, 15) is 14.4 Å². The highest BCUT2D eigenvalue weighted by Gasteiger charge is 2.15. The number of ether oxygens (including phenoxy) is 1. The molecular weight excluding hydrogens is 302 g/mol. The van der Waals surface area contributed by atoms with Crippen LogP contribution in [0.5, 0.6) is 0 Å². The van der Waals surface area contributed by atoms with Crippen molar-refractivity contribution in [2.75, 3.05) is 17.2 Å². The Bertz CT molecular complexity index is 738. The van der Waals surface area contributed by atoms with Crippen LogP contribution in [0.25, 0.3) is 0 Å². The molecule has 0 bridgehead atoms. The fraction of sp³-hybridized carbons (Fsp3) is 0.200. The molecule has 23 heavy (non-hydrogen) atoms. The van der Waals surface area contributed by atoms with Crippen LogP contribution in [0.15, 0.2) is 34.9 Å². The van der Waals surface area contributed by atoms with Crippen LogP contribution in [0.3, 0.4) is 0 Å². The fourth-order valence-corrected chi connectivity index (χ4v) is 1.74. The first kappa shape index (κ1) is 16.2. The molecule has 0 fully saturated rings. The third-order valence-corrected chi connectivity index (χ3v) is 2.63. The predicted octanol–water partition coefficient (Wildman–Crippen LogP) is 1.74. The van der Waals surface area contributed by atoms with E-state index in [2.05, 4.69) is 15.8 Å². The van der Waals surface area contributed by atoms with E-state index in [-0.39, 0.29) is 11.7 Å². The minimum Gasteiger partial charge on any atom is -0.450 e. The maximum absolute atomic E-state index is 11.8. The lowest BCUT2D eigenvalue weighted by Gasteiger charge is -2.08. The minimum atomic E-state index is -0.771. The Morgan fingerprint density at radius 3 is 2.48 bits per heavy atom. The standard InChI is InChI=1S/C15H15N3O5/c1-9-6-13(23-18-9)15(21)22-8-14(20)17-12-5-3-4-11(7-12)16-10(2)19/h3-7H,8H2,1-2H3,(H,16,19)(H,17,20). The third kappa shape index (κ3) is 4.95. The van der Waals surface area contributed by atoms with Crippen LogP contribution in [0.4, 0.5) is 11.4 Å². The molecule has 1 aromatic carbocycles. The Kier molecular flexibility index (Phi) is 5.08. The molecule has 2 aromatic rings. The van der Waals surface area contributed by atoms with Gasteiger partial charge in [0.2, 0.25) is 11.7 Å². The zero-order valence-electron chi connectivity index (χ0n) is 12.6. The molecule has 0 saturated heterocycles. The van der Waals surface area contributed by atoms with Crippen LogP contribution in [0.2, 0.25) is 0 Å². The van der Waals surface area contributed by atoms with Gasteiger partial charge in [0, 0.05) is 24.4 Å². The first-order valence-corrected chi connectivity index (χ1v) is 6.72. The molecule has 8 nitrogen and oxygen atoms in total. The van der Waals surface area contributed by atoms with E-state index in [1.807, 2.05) is 0 Å². The topological polar surface area (TPSA) is 111 Å². The number of carbonyl (C=O) groups excluding carboxylic acids is 3. The van der Waals surface area contributed by atoms with Crippen LogP contribution >= 0.6 is 0 Å². The molecule has 0 saturated carbocycles. The van der Waals surface area contributed by atoms with Gasteiger partial charge in [0.25, 0.3) is 5.91 Å². The summed E-state index contributed by atoms with van der Waals surface area (Å²) in [6, 6.07) is 8.00. The van der Waals surface area contributed by atoms with Crippen molar-refractivity contribution in [3.63, 3.8) is 0 Å². The van der Waals surface area contributed by atoms with Gasteiger partial charge in [-0.1, -0.05) is 11.2 Å². The van der Waals surface area contributed by atoms with Crippen LogP contribution in [-0.2, 0) is 14.3 Å². The number of nitrogens with zero attached hydrogens (tertiary/aromatic N) is 1. The zero-order valence-corrected chi connectivity index (χ0v) is 12.6. The average Bonchev–Trinajstić information content (AvgIpc) is 2.91. The van der Waals surface area contributed by atoms with E-state index in [0.29, 0.717) is 17.1 Å². The molecule has 1 heterocycles. The number of aryl methyl sites for hydroxylation is 1. The summed E-state index contributed by atoms with van der Waals surface area (Å²) in [5.41, 5.74) is 1.55. The third-order valence-electron chi connectivity index (χ3n) is 2.63. The van der Waals surface area contributed by atoms with Gasteiger partial charge in [-0.05, 0) is 25.1 Å². The molecule has 1 aromatic heterocycles. The molecule has 0 spiro atoms. The largest absolute Gasteiger partial charge is 0.450 e. The number of anilines is 2. The number of esters is 1. The van der Waals surface area contributed by atoms with E-state index in [1.165, 1.54) is 13.0 Å². The second kappa shape index (κ2) is 7.21. The summed E-state index contributed by atoms with van der Waals surface area (Å²) in [6.45, 7) is 2.58. The van der Waals surface area contributed by atoms with Gasteiger partial charge in [-0.25, -0.2) is 4.79 Å². The van der Waals surface area contributed by atoms with E-state index >= 15 is 0 Å². The highest BCUT2D eigenvalue weighted by molar-refractivity contribution is 5.95. The van der Waals surface area contributed by atoms with Crippen molar-refractivity contribution in [1.82, 2.24) is 5.16 Å². The number of benzene rings is 1. The van der Waals surface area contributed by atoms with Gasteiger partial charge in [0.1, 0.15) is 0 Å². The molecule has 2 N–H and O–H groups in total. The van der Waals surface area contributed by atoms with Crippen molar-refractivity contribution in [1.29, 1.82) is 0 Å². The van der Waals surface area contributed by atoms with Crippen molar-refractivity contribution in [2.24, 2.45) is 0 Å². The monoisotopic (exact) mass is 317 g/mol. The molecule has 0 unspecified atom stereocenters. The summed E-state index contributed by atoms with van der Waals surface area (Å²) in [6.07, 6.45) is 0. The minimum absolute atomic E-state index is 0.0667. The van der Waals surface area contributed by atoms with E-state index in [1.54, 1.807) is 31.2 Å². The summed E-state index contributed by atoms with van der Waals surface area (Å²) < 4.78 is 9.55. The fourth-order valence-electron chi connectivity index (χ4n) is 1.74.